The van der Waals surface area contributed by atoms with Crippen LogP contribution in [0.25, 0.3) is 16.6 Å². The largest absolute Gasteiger partial charge is 0.492 e. The van der Waals surface area contributed by atoms with E-state index in [0.29, 0.717) is 5.52 Å². The van der Waals surface area contributed by atoms with Crippen molar-refractivity contribution < 1.29 is 19.0 Å². The number of pyridine rings is 1. The number of halogens is 2. The van der Waals surface area contributed by atoms with Gasteiger partial charge in [-0.3, -0.25) is 4.79 Å². The third kappa shape index (κ3) is 2.62. The van der Waals surface area contributed by atoms with Crippen molar-refractivity contribution in [2.24, 2.45) is 0 Å². The van der Waals surface area contributed by atoms with E-state index in [1.165, 1.54) is 30.4 Å². The zero-order valence-corrected chi connectivity index (χ0v) is 14.5. The predicted octanol–water partition coefficient (Wildman–Crippen LogP) is 2.79. The molecule has 0 saturated heterocycles. The predicted molar refractivity (Wildman–Crippen MR) is 94.3 cm³/mol. The number of aromatic carboxylic acids is 1. The molecule has 9 heteroatoms. The quantitative estimate of drug-likeness (QED) is 0.753. The van der Waals surface area contributed by atoms with Gasteiger partial charge in [0.15, 0.2) is 11.6 Å². The minimum Gasteiger partial charge on any atom is -0.492 e. The number of carboxylic acid groups (broad SMARTS) is 1. The number of hydrogen-bond acceptors (Lipinski definition) is 4. The number of nitrogens with zero attached hydrogens (tertiary/aromatic N) is 3. The first-order valence-corrected chi connectivity index (χ1v) is 7.70. The molecule has 0 amide bonds. The van der Waals surface area contributed by atoms with Gasteiger partial charge in [0, 0.05) is 24.6 Å². The average molecular weight is 380 g/mol. The molecular formula is C17H15ClFN3O4. The molecule has 0 aliphatic heterocycles. The topological polar surface area (TPSA) is 86.3 Å². The molecule has 0 unspecified atom stereocenters. The fourth-order valence-corrected chi connectivity index (χ4v) is 3.06. The zero-order chi connectivity index (χ0) is 17.7. The van der Waals surface area contributed by atoms with Gasteiger partial charge in [0.2, 0.25) is 5.43 Å². The number of methoxy groups -OCH3 is 1. The maximum absolute atomic E-state index is 14.8. The van der Waals surface area contributed by atoms with E-state index < -0.39 is 17.2 Å². The minimum absolute atomic E-state index is 0. The van der Waals surface area contributed by atoms with Crippen molar-refractivity contribution in [2.45, 2.75) is 18.9 Å². The summed E-state index contributed by atoms with van der Waals surface area (Å²) in [5.74, 6) is -1.85. The molecule has 26 heavy (non-hydrogen) atoms. The molecule has 4 rings (SSSR count). The highest BCUT2D eigenvalue weighted by atomic mass is 35.5. The van der Waals surface area contributed by atoms with Gasteiger partial charge in [0.1, 0.15) is 11.3 Å². The molecule has 0 radical (unpaired) electrons. The van der Waals surface area contributed by atoms with Gasteiger partial charge in [-0.2, -0.15) is 0 Å². The van der Waals surface area contributed by atoms with Crippen LogP contribution in [0.3, 0.4) is 0 Å². The molecule has 0 bridgehead atoms. The molecule has 0 atom stereocenters. The van der Waals surface area contributed by atoms with Crippen molar-refractivity contribution in [3.8, 4) is 11.4 Å². The van der Waals surface area contributed by atoms with Gasteiger partial charge < -0.3 is 19.0 Å². The van der Waals surface area contributed by atoms with Crippen molar-refractivity contribution in [3.05, 3.63) is 52.6 Å². The highest BCUT2D eigenvalue weighted by Crippen LogP contribution is 2.41. The zero-order valence-electron chi connectivity index (χ0n) is 13.7. The van der Waals surface area contributed by atoms with Crippen molar-refractivity contribution in [2.75, 3.05) is 7.11 Å². The summed E-state index contributed by atoms with van der Waals surface area (Å²) in [6.07, 6.45) is 7.54. The van der Waals surface area contributed by atoms with Crippen molar-refractivity contribution in [3.63, 3.8) is 0 Å². The maximum Gasteiger partial charge on any atom is 0.341 e. The van der Waals surface area contributed by atoms with E-state index in [-0.39, 0.29) is 40.8 Å². The van der Waals surface area contributed by atoms with Gasteiger partial charge >= 0.3 is 5.97 Å². The second kappa shape index (κ2) is 6.45. The third-order valence-electron chi connectivity index (χ3n) is 4.34. The lowest BCUT2D eigenvalue weighted by molar-refractivity contribution is 0.0695. The first kappa shape index (κ1) is 17.9. The van der Waals surface area contributed by atoms with Crippen molar-refractivity contribution in [1.82, 2.24) is 14.1 Å². The van der Waals surface area contributed by atoms with Gasteiger partial charge in [-0.15, -0.1) is 12.4 Å². The normalized spacial score (nSPS) is 13.5. The van der Waals surface area contributed by atoms with E-state index in [1.54, 1.807) is 10.8 Å². The number of aromatic nitrogens is 3. The van der Waals surface area contributed by atoms with Gasteiger partial charge in [0.25, 0.3) is 0 Å². The second-order valence-electron chi connectivity index (χ2n) is 5.92. The third-order valence-corrected chi connectivity index (χ3v) is 4.34. The highest BCUT2D eigenvalue weighted by molar-refractivity contribution is 5.96. The Kier molecular flexibility index (Phi) is 4.45. The Bertz CT molecular complexity index is 1060. The molecule has 2 aromatic heterocycles. The van der Waals surface area contributed by atoms with E-state index in [0.717, 1.165) is 18.9 Å². The molecule has 3 aromatic rings. The molecule has 7 nitrogen and oxygen atoms in total. The first-order valence-electron chi connectivity index (χ1n) is 7.70. The van der Waals surface area contributed by atoms with Crippen LogP contribution in [-0.4, -0.2) is 32.3 Å². The minimum atomic E-state index is -1.33. The Morgan fingerprint density at radius 1 is 1.42 bits per heavy atom. The summed E-state index contributed by atoms with van der Waals surface area (Å²) in [4.78, 5) is 27.9. The highest BCUT2D eigenvalue weighted by Gasteiger charge is 2.30. The van der Waals surface area contributed by atoms with Crippen LogP contribution in [0, 0.1) is 5.82 Å². The lowest BCUT2D eigenvalue weighted by Gasteiger charge is -2.18. The summed E-state index contributed by atoms with van der Waals surface area (Å²) in [5.41, 5.74) is -0.584. The fraction of sp³-hybridized carbons (Fsp3) is 0.235. The van der Waals surface area contributed by atoms with Crippen molar-refractivity contribution >= 4 is 29.3 Å². The number of imidazole rings is 1. The molecule has 1 fully saturated rings. The summed E-state index contributed by atoms with van der Waals surface area (Å²) in [6.45, 7) is 0. The SMILES string of the molecule is COc1c(-n2ccnc2)c(F)cc2c(=O)c(C(=O)O)cn(C3CC3)c12.Cl. The van der Waals surface area contributed by atoms with Gasteiger partial charge in [-0.05, 0) is 18.9 Å². The molecular weight excluding hydrogens is 365 g/mol. The summed E-state index contributed by atoms with van der Waals surface area (Å²) >= 11 is 0. The van der Waals surface area contributed by atoms with Crippen LogP contribution in [0.5, 0.6) is 5.75 Å². The standard InChI is InChI=1S/C17H14FN3O4.ClH/c1-25-16-13-10(6-12(18)14(16)20-5-4-19-8-20)15(22)11(17(23)24)7-21(13)9-2-3-9;/h4-9H,2-3H2,1H3,(H,23,24);1H. The van der Waals surface area contributed by atoms with Gasteiger partial charge in [0.05, 0.1) is 24.3 Å². The molecule has 1 aliphatic carbocycles. The lowest BCUT2D eigenvalue weighted by Crippen LogP contribution is -2.20. The van der Waals surface area contributed by atoms with Crippen LogP contribution in [0.2, 0.25) is 0 Å². The van der Waals surface area contributed by atoms with Crippen LogP contribution in [0.4, 0.5) is 4.39 Å². The smallest absolute Gasteiger partial charge is 0.341 e. The Morgan fingerprint density at radius 3 is 2.69 bits per heavy atom. The first-order chi connectivity index (χ1) is 12.0. The number of benzene rings is 1. The van der Waals surface area contributed by atoms with E-state index in [2.05, 4.69) is 4.98 Å². The van der Waals surface area contributed by atoms with Crippen LogP contribution in [0.1, 0.15) is 29.2 Å². The van der Waals surface area contributed by atoms with Crippen LogP contribution in [0.15, 0.2) is 35.8 Å². The molecule has 136 valence electrons. The summed E-state index contributed by atoms with van der Waals surface area (Å²) < 4.78 is 23.4. The molecule has 2 heterocycles. The Hall–Kier alpha value is -2.87. The molecule has 1 N–H and O–H groups in total. The monoisotopic (exact) mass is 379 g/mol. The van der Waals surface area contributed by atoms with Crippen molar-refractivity contribution in [1.29, 1.82) is 0 Å². The van der Waals surface area contributed by atoms with E-state index >= 15 is 0 Å². The number of carbonyl (C=O) groups is 1. The molecule has 1 aromatic carbocycles. The van der Waals surface area contributed by atoms with Gasteiger partial charge in [-0.1, -0.05) is 0 Å². The van der Waals surface area contributed by atoms with Gasteiger partial charge in [-0.25, -0.2) is 14.2 Å². The Labute approximate surface area is 153 Å². The molecule has 1 aliphatic rings. The number of carboxylic acids is 1. The summed E-state index contributed by atoms with van der Waals surface area (Å²) in [6, 6.07) is 1.14. The summed E-state index contributed by atoms with van der Waals surface area (Å²) in [5, 5.41) is 9.29. The van der Waals surface area contributed by atoms with Crippen LogP contribution < -0.4 is 10.2 Å². The van der Waals surface area contributed by atoms with Crippen LogP contribution >= 0.6 is 12.4 Å². The molecule has 0 spiro atoms. The Balaban J connectivity index is 0.00000196. The van der Waals surface area contributed by atoms with E-state index in [1.807, 2.05) is 0 Å². The molecule has 1 saturated carbocycles. The lowest BCUT2D eigenvalue weighted by atomic mass is 10.1. The Morgan fingerprint density at radius 2 is 2.15 bits per heavy atom. The number of hydrogen-bond donors (Lipinski definition) is 1. The van der Waals surface area contributed by atoms with E-state index in [9.17, 15) is 19.1 Å². The maximum atomic E-state index is 14.8. The second-order valence-corrected chi connectivity index (χ2v) is 5.92. The average Bonchev–Trinajstić information content (AvgIpc) is 3.29. The number of fused-ring (bicyclic) bond motifs is 1. The van der Waals surface area contributed by atoms with E-state index in [4.69, 9.17) is 4.74 Å². The number of ether oxygens (including phenoxy) is 1. The number of rotatable bonds is 4. The fourth-order valence-electron chi connectivity index (χ4n) is 3.06. The summed E-state index contributed by atoms with van der Waals surface area (Å²) in [7, 11) is 1.39. The van der Waals surface area contributed by atoms with Crippen LogP contribution in [-0.2, 0) is 0 Å².